The van der Waals surface area contributed by atoms with Crippen LogP contribution in [-0.4, -0.2) is 62.5 Å². The highest BCUT2D eigenvalue weighted by atomic mass is 35.5. The Morgan fingerprint density at radius 2 is 1.75 bits per heavy atom. The maximum atomic E-state index is 12.7. The highest BCUT2D eigenvalue weighted by Crippen LogP contribution is 2.24. The molecule has 0 fully saturated rings. The molecular weight excluding hydrogens is 456 g/mol. The Kier molecular flexibility index (Phi) is 9.03. The molecule has 0 saturated heterocycles. The van der Waals surface area contributed by atoms with Crippen LogP contribution in [0.5, 0.6) is 0 Å². The van der Waals surface area contributed by atoms with E-state index < -0.39 is 22.6 Å². The van der Waals surface area contributed by atoms with Gasteiger partial charge in [-0.1, -0.05) is 25.4 Å². The number of aryl methyl sites for hydroxylation is 1. The lowest BCUT2D eigenvalue weighted by molar-refractivity contribution is 0.0474. The van der Waals surface area contributed by atoms with Gasteiger partial charge in [0, 0.05) is 43.7 Å². The van der Waals surface area contributed by atoms with Crippen LogP contribution in [-0.2, 0) is 26.0 Å². The van der Waals surface area contributed by atoms with Crippen molar-refractivity contribution in [2.75, 3.05) is 33.4 Å². The van der Waals surface area contributed by atoms with Crippen molar-refractivity contribution < 1.29 is 27.5 Å². The van der Waals surface area contributed by atoms with E-state index in [1.807, 2.05) is 18.4 Å². The maximum absolute atomic E-state index is 12.7. The molecule has 2 rings (SSSR count). The van der Waals surface area contributed by atoms with E-state index >= 15 is 0 Å². The first-order valence-corrected chi connectivity index (χ1v) is 12.1. The summed E-state index contributed by atoms with van der Waals surface area (Å²) in [6.07, 6.45) is 0. The highest BCUT2D eigenvalue weighted by molar-refractivity contribution is 7.89. The molecule has 0 radical (unpaired) electrons. The number of halogens is 1. The summed E-state index contributed by atoms with van der Waals surface area (Å²) in [5.41, 5.74) is 1.99. The quantitative estimate of drug-likeness (QED) is 0.358. The number of ether oxygens (including phenoxy) is 2. The number of carbonyl (C=O) groups is 2. The lowest BCUT2D eigenvalue weighted by atomic mass is 10.1. The van der Waals surface area contributed by atoms with Crippen LogP contribution in [0.3, 0.4) is 0 Å². The fraction of sp³-hybridized carbons (Fsp3) is 0.455. The summed E-state index contributed by atoms with van der Waals surface area (Å²) in [7, 11) is -2.17. The molecule has 1 aromatic heterocycles. The van der Waals surface area contributed by atoms with Gasteiger partial charge in [0.2, 0.25) is 15.8 Å². The molecule has 0 bridgehead atoms. The number of sulfonamides is 1. The summed E-state index contributed by atoms with van der Waals surface area (Å²) in [5.74, 6) is -1.23. The molecule has 10 heteroatoms. The molecule has 176 valence electrons. The second kappa shape index (κ2) is 11.1. The van der Waals surface area contributed by atoms with Crippen molar-refractivity contribution in [2.45, 2.75) is 39.1 Å². The van der Waals surface area contributed by atoms with Gasteiger partial charge in [-0.2, -0.15) is 4.31 Å². The number of aromatic nitrogens is 1. The summed E-state index contributed by atoms with van der Waals surface area (Å²) < 4.78 is 39.0. The first kappa shape index (κ1) is 26.1. The Hall–Kier alpha value is -2.20. The van der Waals surface area contributed by atoms with E-state index in [2.05, 4.69) is 0 Å². The van der Waals surface area contributed by atoms with Crippen molar-refractivity contribution in [3.05, 3.63) is 51.8 Å². The number of Topliss-reactive ketones (excluding diaryl/α,β-unsaturated/α-hetero) is 1. The van der Waals surface area contributed by atoms with Gasteiger partial charge in [-0.15, -0.1) is 0 Å². The topological polar surface area (TPSA) is 94.9 Å². The number of rotatable bonds is 11. The van der Waals surface area contributed by atoms with Gasteiger partial charge in [-0.05, 0) is 38.1 Å². The van der Waals surface area contributed by atoms with E-state index in [4.69, 9.17) is 21.1 Å². The number of methoxy groups -OCH3 is 1. The van der Waals surface area contributed by atoms with Crippen molar-refractivity contribution in [3.63, 3.8) is 0 Å². The van der Waals surface area contributed by atoms with E-state index in [-0.39, 0.29) is 21.3 Å². The lowest BCUT2D eigenvalue weighted by Crippen LogP contribution is -2.30. The fourth-order valence-corrected chi connectivity index (χ4v) is 5.11. The lowest BCUT2D eigenvalue weighted by Gasteiger charge is -2.19. The molecule has 32 heavy (non-hydrogen) atoms. The van der Waals surface area contributed by atoms with E-state index in [1.54, 1.807) is 27.0 Å². The van der Waals surface area contributed by atoms with Crippen LogP contribution < -0.4 is 0 Å². The minimum atomic E-state index is -3.78. The monoisotopic (exact) mass is 484 g/mol. The van der Waals surface area contributed by atoms with Crippen molar-refractivity contribution >= 4 is 33.4 Å². The van der Waals surface area contributed by atoms with Gasteiger partial charge in [0.05, 0.1) is 22.1 Å². The van der Waals surface area contributed by atoms with Crippen LogP contribution in [0.4, 0.5) is 0 Å². The van der Waals surface area contributed by atoms with E-state index in [9.17, 15) is 18.0 Å². The minimum absolute atomic E-state index is 0.0405. The Labute approximate surface area is 194 Å². The largest absolute Gasteiger partial charge is 0.454 e. The van der Waals surface area contributed by atoms with Crippen LogP contribution in [0.1, 0.15) is 46.0 Å². The molecule has 0 aliphatic rings. The number of benzene rings is 1. The molecule has 0 atom stereocenters. The van der Waals surface area contributed by atoms with Crippen molar-refractivity contribution in [1.82, 2.24) is 8.87 Å². The maximum Gasteiger partial charge on any atom is 0.340 e. The van der Waals surface area contributed by atoms with Crippen molar-refractivity contribution in [3.8, 4) is 0 Å². The number of carbonyl (C=O) groups excluding carboxylic acids is 2. The molecule has 0 N–H and O–H groups in total. The van der Waals surface area contributed by atoms with E-state index in [1.165, 1.54) is 22.5 Å². The smallest absolute Gasteiger partial charge is 0.340 e. The van der Waals surface area contributed by atoms with Crippen LogP contribution in [0, 0.1) is 13.8 Å². The Morgan fingerprint density at radius 3 is 2.34 bits per heavy atom. The summed E-state index contributed by atoms with van der Waals surface area (Å²) in [5, 5.41) is 0.0405. The predicted molar refractivity (Wildman–Crippen MR) is 122 cm³/mol. The fourth-order valence-electron chi connectivity index (χ4n) is 3.43. The SMILES string of the molecule is CCN(CC)S(=O)(=O)c1ccc(Cl)c(C(=O)OCC(=O)c2cc(C)n(CCOC)c2C)c1. The third kappa shape index (κ3) is 5.58. The van der Waals surface area contributed by atoms with Crippen LogP contribution in [0.25, 0.3) is 0 Å². The van der Waals surface area contributed by atoms with Crippen molar-refractivity contribution in [2.24, 2.45) is 0 Å². The third-order valence-corrected chi connectivity index (χ3v) is 7.60. The number of esters is 1. The van der Waals surface area contributed by atoms with E-state index in [0.717, 1.165) is 11.4 Å². The summed E-state index contributed by atoms with van der Waals surface area (Å²) in [6.45, 7) is 8.35. The molecule has 8 nitrogen and oxygen atoms in total. The highest BCUT2D eigenvalue weighted by Gasteiger charge is 2.25. The first-order chi connectivity index (χ1) is 15.1. The average Bonchev–Trinajstić information content (AvgIpc) is 3.04. The van der Waals surface area contributed by atoms with Crippen molar-refractivity contribution in [1.29, 1.82) is 0 Å². The van der Waals surface area contributed by atoms with Gasteiger partial charge in [0.15, 0.2) is 6.61 Å². The summed E-state index contributed by atoms with van der Waals surface area (Å²) >= 11 is 6.11. The Balaban J connectivity index is 2.19. The zero-order valence-electron chi connectivity index (χ0n) is 19.0. The van der Waals surface area contributed by atoms with Gasteiger partial charge in [0.25, 0.3) is 0 Å². The number of hydrogen-bond donors (Lipinski definition) is 0. The summed E-state index contributed by atoms with van der Waals surface area (Å²) in [6, 6.07) is 5.59. The number of ketones is 1. The van der Waals surface area contributed by atoms with Crippen LogP contribution in [0.2, 0.25) is 5.02 Å². The zero-order valence-corrected chi connectivity index (χ0v) is 20.5. The summed E-state index contributed by atoms with van der Waals surface area (Å²) in [4.78, 5) is 25.2. The predicted octanol–water partition coefficient (Wildman–Crippen LogP) is 3.47. The normalized spacial score (nSPS) is 11.7. The Bertz CT molecular complexity index is 1090. The molecule has 0 saturated carbocycles. The molecular formula is C22H29ClN2O6S. The second-order valence-electron chi connectivity index (χ2n) is 7.16. The van der Waals surface area contributed by atoms with Gasteiger partial charge >= 0.3 is 5.97 Å². The van der Waals surface area contributed by atoms with Gasteiger partial charge in [-0.25, -0.2) is 13.2 Å². The third-order valence-electron chi connectivity index (χ3n) is 5.23. The standard InChI is InChI=1S/C22H29ClN2O6S/c1-6-24(7-2)32(28,29)17-8-9-20(23)19(13-17)22(27)31-14-21(26)18-12-15(3)25(16(18)4)10-11-30-5/h8-9,12-13H,6-7,10-11,14H2,1-5H3. The minimum Gasteiger partial charge on any atom is -0.454 e. The Morgan fingerprint density at radius 1 is 1.09 bits per heavy atom. The molecule has 0 aliphatic heterocycles. The molecule has 0 aliphatic carbocycles. The van der Waals surface area contributed by atoms with Gasteiger partial charge in [-0.3, -0.25) is 4.79 Å². The van der Waals surface area contributed by atoms with Gasteiger partial charge < -0.3 is 14.0 Å². The molecule has 0 spiro atoms. The average molecular weight is 485 g/mol. The number of hydrogen-bond acceptors (Lipinski definition) is 6. The van der Waals surface area contributed by atoms with Crippen LogP contribution >= 0.6 is 11.6 Å². The van der Waals surface area contributed by atoms with Gasteiger partial charge in [0.1, 0.15) is 0 Å². The molecule has 0 unspecified atom stereocenters. The van der Waals surface area contributed by atoms with E-state index in [0.29, 0.717) is 31.8 Å². The molecule has 0 amide bonds. The molecule has 2 aromatic rings. The first-order valence-electron chi connectivity index (χ1n) is 10.2. The second-order valence-corrected chi connectivity index (χ2v) is 9.50. The molecule has 1 heterocycles. The molecule has 1 aromatic carbocycles. The van der Waals surface area contributed by atoms with Crippen LogP contribution in [0.15, 0.2) is 29.2 Å². The number of nitrogens with zero attached hydrogens (tertiary/aromatic N) is 2. The zero-order chi connectivity index (χ0) is 24.1.